The molecule has 0 N–H and O–H groups in total. The molecule has 1 aliphatic carbocycles. The molecule has 0 fully saturated rings. The van der Waals surface area contributed by atoms with Crippen molar-refractivity contribution in [3.05, 3.63) is 40.6 Å². The average Bonchev–Trinajstić information content (AvgIpc) is 2.23. The van der Waals surface area contributed by atoms with Crippen LogP contribution in [0.1, 0.15) is 25.7 Å². The summed E-state index contributed by atoms with van der Waals surface area (Å²) in [5.41, 5.74) is 0. The SMILES string of the molecule is Brc1ccc(OC2=CCCCC2)cc1. The molecule has 2 heteroatoms. The van der Waals surface area contributed by atoms with Crippen molar-refractivity contribution in [1.29, 1.82) is 0 Å². The first-order chi connectivity index (χ1) is 6.84. The summed E-state index contributed by atoms with van der Waals surface area (Å²) in [6, 6.07) is 7.97. The Bertz CT molecular complexity index is 327. The highest BCUT2D eigenvalue weighted by atomic mass is 79.9. The molecule has 0 amide bonds. The summed E-state index contributed by atoms with van der Waals surface area (Å²) in [4.78, 5) is 0. The lowest BCUT2D eigenvalue weighted by Gasteiger charge is -2.13. The molecule has 0 radical (unpaired) electrons. The molecule has 1 nitrogen and oxygen atoms in total. The molecular formula is C12H13BrO. The van der Waals surface area contributed by atoms with Crippen LogP contribution < -0.4 is 4.74 Å². The number of ether oxygens (including phenoxy) is 1. The van der Waals surface area contributed by atoms with Gasteiger partial charge in [-0.05, 0) is 49.6 Å². The molecule has 14 heavy (non-hydrogen) atoms. The fourth-order valence-electron chi connectivity index (χ4n) is 1.56. The van der Waals surface area contributed by atoms with E-state index in [2.05, 4.69) is 22.0 Å². The van der Waals surface area contributed by atoms with Gasteiger partial charge >= 0.3 is 0 Å². The molecule has 0 bridgehead atoms. The van der Waals surface area contributed by atoms with Crippen LogP contribution in [0.3, 0.4) is 0 Å². The topological polar surface area (TPSA) is 9.23 Å². The molecular weight excluding hydrogens is 240 g/mol. The molecule has 2 rings (SSSR count). The van der Waals surface area contributed by atoms with E-state index in [9.17, 15) is 0 Å². The van der Waals surface area contributed by atoms with Crippen LogP contribution in [-0.2, 0) is 0 Å². The maximum absolute atomic E-state index is 5.75. The first-order valence-corrected chi connectivity index (χ1v) is 5.76. The second-order valence-electron chi connectivity index (χ2n) is 3.47. The average molecular weight is 253 g/mol. The zero-order chi connectivity index (χ0) is 9.80. The van der Waals surface area contributed by atoms with Crippen molar-refractivity contribution in [3.8, 4) is 5.75 Å². The highest BCUT2D eigenvalue weighted by Gasteiger charge is 2.05. The van der Waals surface area contributed by atoms with Gasteiger partial charge in [0.15, 0.2) is 0 Å². The number of allylic oxidation sites excluding steroid dienone is 2. The van der Waals surface area contributed by atoms with Crippen molar-refractivity contribution in [2.45, 2.75) is 25.7 Å². The zero-order valence-corrected chi connectivity index (χ0v) is 9.59. The summed E-state index contributed by atoms with van der Waals surface area (Å²) in [5, 5.41) is 0. The van der Waals surface area contributed by atoms with Crippen molar-refractivity contribution < 1.29 is 4.74 Å². The molecule has 0 unspecified atom stereocenters. The third-order valence-electron chi connectivity index (χ3n) is 2.31. The van der Waals surface area contributed by atoms with Crippen LogP contribution in [0.2, 0.25) is 0 Å². The summed E-state index contributed by atoms with van der Waals surface area (Å²) >= 11 is 3.40. The predicted octanol–water partition coefficient (Wildman–Crippen LogP) is 4.29. The Kier molecular flexibility index (Phi) is 3.25. The van der Waals surface area contributed by atoms with Crippen molar-refractivity contribution in [3.63, 3.8) is 0 Å². The molecule has 0 saturated heterocycles. The summed E-state index contributed by atoms with van der Waals surface area (Å²) in [5.74, 6) is 2.06. The first kappa shape index (κ1) is 9.78. The lowest BCUT2D eigenvalue weighted by Crippen LogP contribution is -1.99. The predicted molar refractivity (Wildman–Crippen MR) is 61.3 cm³/mol. The largest absolute Gasteiger partial charge is 0.462 e. The van der Waals surface area contributed by atoms with Crippen LogP contribution in [0, 0.1) is 0 Å². The third kappa shape index (κ3) is 2.61. The summed E-state index contributed by atoms with van der Waals surface area (Å²) in [7, 11) is 0. The van der Waals surface area contributed by atoms with E-state index in [1.807, 2.05) is 24.3 Å². The van der Waals surface area contributed by atoms with Gasteiger partial charge in [-0.15, -0.1) is 0 Å². The van der Waals surface area contributed by atoms with E-state index in [1.165, 1.54) is 12.8 Å². The van der Waals surface area contributed by atoms with Crippen molar-refractivity contribution >= 4 is 15.9 Å². The van der Waals surface area contributed by atoms with E-state index >= 15 is 0 Å². The molecule has 0 aromatic heterocycles. The van der Waals surface area contributed by atoms with Crippen LogP contribution in [0.15, 0.2) is 40.6 Å². The van der Waals surface area contributed by atoms with Gasteiger partial charge in [0.2, 0.25) is 0 Å². The number of rotatable bonds is 2. The van der Waals surface area contributed by atoms with Gasteiger partial charge in [0, 0.05) is 10.9 Å². The lowest BCUT2D eigenvalue weighted by atomic mass is 10.1. The minimum absolute atomic E-state index is 0.932. The third-order valence-corrected chi connectivity index (χ3v) is 2.84. The smallest absolute Gasteiger partial charge is 0.126 e. The molecule has 1 aromatic rings. The van der Waals surface area contributed by atoms with E-state index in [1.54, 1.807) is 0 Å². The highest BCUT2D eigenvalue weighted by Crippen LogP contribution is 2.23. The summed E-state index contributed by atoms with van der Waals surface area (Å²) in [6.07, 6.45) is 6.99. The summed E-state index contributed by atoms with van der Waals surface area (Å²) < 4.78 is 6.84. The Morgan fingerprint density at radius 2 is 1.86 bits per heavy atom. The van der Waals surface area contributed by atoms with Gasteiger partial charge in [0.05, 0.1) is 0 Å². The van der Waals surface area contributed by atoms with Crippen molar-refractivity contribution in [2.24, 2.45) is 0 Å². The van der Waals surface area contributed by atoms with Gasteiger partial charge in [-0.3, -0.25) is 0 Å². The van der Waals surface area contributed by atoms with E-state index in [-0.39, 0.29) is 0 Å². The van der Waals surface area contributed by atoms with Crippen LogP contribution in [0.4, 0.5) is 0 Å². The van der Waals surface area contributed by atoms with Gasteiger partial charge in [-0.1, -0.05) is 15.9 Å². The second-order valence-corrected chi connectivity index (χ2v) is 4.39. The Morgan fingerprint density at radius 3 is 2.50 bits per heavy atom. The van der Waals surface area contributed by atoms with Crippen LogP contribution in [0.25, 0.3) is 0 Å². The second kappa shape index (κ2) is 4.65. The highest BCUT2D eigenvalue weighted by molar-refractivity contribution is 9.10. The molecule has 0 heterocycles. The van der Waals surface area contributed by atoms with E-state index in [0.29, 0.717) is 0 Å². The number of hydrogen-bond donors (Lipinski definition) is 0. The van der Waals surface area contributed by atoms with E-state index in [0.717, 1.165) is 28.8 Å². The van der Waals surface area contributed by atoms with Crippen LogP contribution >= 0.6 is 15.9 Å². The normalized spacial score (nSPS) is 16.2. The van der Waals surface area contributed by atoms with Gasteiger partial charge < -0.3 is 4.74 Å². The summed E-state index contributed by atoms with van der Waals surface area (Å²) in [6.45, 7) is 0. The van der Waals surface area contributed by atoms with Crippen molar-refractivity contribution in [1.82, 2.24) is 0 Å². The molecule has 1 aromatic carbocycles. The fraction of sp³-hybridized carbons (Fsp3) is 0.333. The maximum Gasteiger partial charge on any atom is 0.126 e. The quantitative estimate of drug-likeness (QED) is 0.764. The van der Waals surface area contributed by atoms with Gasteiger partial charge in [-0.2, -0.15) is 0 Å². The van der Waals surface area contributed by atoms with Gasteiger partial charge in [0.1, 0.15) is 11.5 Å². The monoisotopic (exact) mass is 252 g/mol. The molecule has 74 valence electrons. The number of halogens is 1. The molecule has 0 atom stereocenters. The first-order valence-electron chi connectivity index (χ1n) is 4.97. The molecule has 1 aliphatic rings. The lowest BCUT2D eigenvalue weighted by molar-refractivity contribution is 0.384. The number of hydrogen-bond acceptors (Lipinski definition) is 1. The molecule has 0 saturated carbocycles. The number of benzene rings is 1. The Balaban J connectivity index is 2.03. The Labute approximate surface area is 92.9 Å². The maximum atomic E-state index is 5.75. The van der Waals surface area contributed by atoms with E-state index in [4.69, 9.17) is 4.74 Å². The van der Waals surface area contributed by atoms with Gasteiger partial charge in [-0.25, -0.2) is 0 Å². The Hall–Kier alpha value is -0.760. The standard InChI is InChI=1S/C12H13BrO/c13-10-6-8-12(9-7-10)14-11-4-2-1-3-5-11/h4,6-9H,1-3,5H2. The Morgan fingerprint density at radius 1 is 1.07 bits per heavy atom. The zero-order valence-electron chi connectivity index (χ0n) is 8.00. The minimum atomic E-state index is 0.932. The van der Waals surface area contributed by atoms with Crippen LogP contribution in [-0.4, -0.2) is 0 Å². The fourth-order valence-corrected chi connectivity index (χ4v) is 1.82. The van der Waals surface area contributed by atoms with Crippen molar-refractivity contribution in [2.75, 3.05) is 0 Å². The molecule has 0 spiro atoms. The van der Waals surface area contributed by atoms with Gasteiger partial charge in [0.25, 0.3) is 0 Å². The minimum Gasteiger partial charge on any atom is -0.462 e. The van der Waals surface area contributed by atoms with E-state index < -0.39 is 0 Å². The van der Waals surface area contributed by atoms with Crippen LogP contribution in [0.5, 0.6) is 5.75 Å². The molecule has 0 aliphatic heterocycles.